The molecule has 2 rings (SSSR count). The van der Waals surface area contributed by atoms with E-state index in [0.29, 0.717) is 5.92 Å². The molecular weight excluding hydrogens is 298 g/mol. The fourth-order valence-corrected chi connectivity index (χ4v) is 2.58. The molecule has 2 heteroatoms. The van der Waals surface area contributed by atoms with Gasteiger partial charge in [0.15, 0.2) is 0 Å². The van der Waals surface area contributed by atoms with Crippen molar-refractivity contribution in [2.24, 2.45) is 0 Å². The predicted molar refractivity (Wildman–Crippen MR) is 87.4 cm³/mol. The Bertz CT molecular complexity index is 531. The summed E-state index contributed by atoms with van der Waals surface area (Å²) in [5, 5.41) is 0. The second-order valence-electron chi connectivity index (χ2n) is 4.97. The molecule has 0 radical (unpaired) electrons. The first-order valence-corrected chi connectivity index (χ1v) is 7.54. The van der Waals surface area contributed by atoms with Gasteiger partial charge in [-0.25, -0.2) is 0 Å². The van der Waals surface area contributed by atoms with E-state index in [1.165, 1.54) is 16.9 Å². The van der Waals surface area contributed by atoms with Gasteiger partial charge in [0.25, 0.3) is 0 Å². The molecule has 0 fully saturated rings. The molecule has 0 N–H and O–H groups in total. The van der Waals surface area contributed by atoms with Crippen molar-refractivity contribution in [2.45, 2.75) is 26.7 Å². The molecule has 0 saturated heterocycles. The molecule has 0 atom stereocenters. The van der Waals surface area contributed by atoms with Crippen LogP contribution in [0, 0.1) is 0 Å². The third kappa shape index (κ3) is 3.38. The fourth-order valence-electron chi connectivity index (χ4n) is 2.20. The van der Waals surface area contributed by atoms with Crippen LogP contribution in [0.2, 0.25) is 0 Å². The van der Waals surface area contributed by atoms with E-state index in [1.807, 2.05) is 0 Å². The molecule has 0 unspecified atom stereocenters. The molecule has 0 bridgehead atoms. The zero-order valence-corrected chi connectivity index (χ0v) is 13.3. The first kappa shape index (κ1) is 14.1. The second-order valence-corrected chi connectivity index (χ2v) is 5.89. The van der Waals surface area contributed by atoms with Gasteiger partial charge in [0.1, 0.15) is 0 Å². The standard InChI is InChI=1S/C17H20BrN/c1-4-19(17-7-5-6-15(18)12-17)16-10-8-14(9-11-16)13(2)3/h5-13H,4H2,1-3H3. The first-order valence-electron chi connectivity index (χ1n) is 6.75. The number of nitrogens with zero attached hydrogens (tertiary/aromatic N) is 1. The lowest BCUT2D eigenvalue weighted by Gasteiger charge is -2.24. The lowest BCUT2D eigenvalue weighted by atomic mass is 10.0. The van der Waals surface area contributed by atoms with Crippen LogP contribution in [0.5, 0.6) is 0 Å². The molecule has 2 aromatic carbocycles. The van der Waals surface area contributed by atoms with Crippen molar-refractivity contribution < 1.29 is 0 Å². The number of rotatable bonds is 4. The topological polar surface area (TPSA) is 3.24 Å². The van der Waals surface area contributed by atoms with E-state index in [9.17, 15) is 0 Å². The Kier molecular flexibility index (Phi) is 4.65. The van der Waals surface area contributed by atoms with Gasteiger partial charge in [0.05, 0.1) is 0 Å². The zero-order chi connectivity index (χ0) is 13.8. The van der Waals surface area contributed by atoms with Gasteiger partial charge in [-0.05, 0) is 48.7 Å². The fraction of sp³-hybridized carbons (Fsp3) is 0.294. The maximum absolute atomic E-state index is 3.54. The van der Waals surface area contributed by atoms with Crippen LogP contribution in [-0.4, -0.2) is 6.54 Å². The monoisotopic (exact) mass is 317 g/mol. The van der Waals surface area contributed by atoms with Gasteiger partial charge >= 0.3 is 0 Å². The molecule has 1 nitrogen and oxygen atoms in total. The van der Waals surface area contributed by atoms with Crippen LogP contribution in [-0.2, 0) is 0 Å². The zero-order valence-electron chi connectivity index (χ0n) is 11.7. The first-order chi connectivity index (χ1) is 9.11. The van der Waals surface area contributed by atoms with Crippen molar-refractivity contribution in [3.05, 3.63) is 58.6 Å². The molecular formula is C17H20BrN. The number of hydrogen-bond donors (Lipinski definition) is 0. The molecule has 0 spiro atoms. The number of anilines is 2. The van der Waals surface area contributed by atoms with Crippen molar-refractivity contribution in [2.75, 3.05) is 11.4 Å². The minimum absolute atomic E-state index is 0.579. The van der Waals surface area contributed by atoms with Gasteiger partial charge in [-0.3, -0.25) is 0 Å². The lowest BCUT2D eigenvalue weighted by molar-refractivity contribution is 0.866. The Hall–Kier alpha value is -1.28. The summed E-state index contributed by atoms with van der Waals surface area (Å²) in [5.74, 6) is 0.579. The van der Waals surface area contributed by atoms with Gasteiger partial charge in [0.2, 0.25) is 0 Å². The summed E-state index contributed by atoms with van der Waals surface area (Å²) in [7, 11) is 0. The van der Waals surface area contributed by atoms with Crippen LogP contribution in [0.1, 0.15) is 32.3 Å². The van der Waals surface area contributed by atoms with Crippen molar-refractivity contribution in [3.8, 4) is 0 Å². The molecule has 0 aromatic heterocycles. The molecule has 19 heavy (non-hydrogen) atoms. The number of halogens is 1. The summed E-state index contributed by atoms with van der Waals surface area (Å²) >= 11 is 3.54. The minimum atomic E-state index is 0.579. The van der Waals surface area contributed by atoms with Gasteiger partial charge in [0, 0.05) is 22.4 Å². The van der Waals surface area contributed by atoms with Crippen molar-refractivity contribution in [1.29, 1.82) is 0 Å². The SMILES string of the molecule is CCN(c1ccc(C(C)C)cc1)c1cccc(Br)c1. The highest BCUT2D eigenvalue weighted by Crippen LogP contribution is 2.28. The molecule has 0 aliphatic heterocycles. The number of hydrogen-bond acceptors (Lipinski definition) is 1. The van der Waals surface area contributed by atoms with E-state index in [4.69, 9.17) is 0 Å². The predicted octanol–water partition coefficient (Wildman–Crippen LogP) is 5.73. The van der Waals surface area contributed by atoms with E-state index in [-0.39, 0.29) is 0 Å². The van der Waals surface area contributed by atoms with Crippen molar-refractivity contribution in [3.63, 3.8) is 0 Å². The number of benzene rings is 2. The summed E-state index contributed by atoms with van der Waals surface area (Å²) in [6.07, 6.45) is 0. The Balaban J connectivity index is 2.31. The van der Waals surface area contributed by atoms with Gasteiger partial charge in [-0.2, -0.15) is 0 Å². The second kappa shape index (κ2) is 6.25. The molecule has 0 aliphatic carbocycles. The summed E-state index contributed by atoms with van der Waals surface area (Å²) in [6.45, 7) is 7.58. The third-order valence-corrected chi connectivity index (χ3v) is 3.80. The van der Waals surface area contributed by atoms with Gasteiger partial charge in [-0.1, -0.05) is 48.0 Å². The van der Waals surface area contributed by atoms with Crippen LogP contribution in [0.4, 0.5) is 11.4 Å². The Morgan fingerprint density at radius 2 is 1.68 bits per heavy atom. The molecule has 0 amide bonds. The van der Waals surface area contributed by atoms with Crippen LogP contribution in [0.3, 0.4) is 0 Å². The van der Waals surface area contributed by atoms with Crippen molar-refractivity contribution in [1.82, 2.24) is 0 Å². The Morgan fingerprint density at radius 3 is 2.21 bits per heavy atom. The van der Waals surface area contributed by atoms with Crippen molar-refractivity contribution >= 4 is 27.3 Å². The maximum Gasteiger partial charge on any atom is 0.0421 e. The summed E-state index contributed by atoms with van der Waals surface area (Å²) in [6, 6.07) is 17.3. The van der Waals surface area contributed by atoms with Crippen LogP contribution in [0.25, 0.3) is 0 Å². The van der Waals surface area contributed by atoms with E-state index in [2.05, 4.69) is 90.1 Å². The van der Waals surface area contributed by atoms with Crippen LogP contribution < -0.4 is 4.90 Å². The Morgan fingerprint density at radius 1 is 1.00 bits per heavy atom. The highest BCUT2D eigenvalue weighted by Gasteiger charge is 2.08. The maximum atomic E-state index is 3.54. The van der Waals surface area contributed by atoms with Gasteiger partial charge < -0.3 is 4.90 Å². The van der Waals surface area contributed by atoms with Crippen LogP contribution in [0.15, 0.2) is 53.0 Å². The Labute approximate surface area is 124 Å². The highest BCUT2D eigenvalue weighted by atomic mass is 79.9. The van der Waals surface area contributed by atoms with E-state index < -0.39 is 0 Å². The largest absolute Gasteiger partial charge is 0.342 e. The summed E-state index contributed by atoms with van der Waals surface area (Å²) < 4.78 is 1.11. The highest BCUT2D eigenvalue weighted by molar-refractivity contribution is 9.10. The molecule has 0 heterocycles. The molecule has 0 aliphatic rings. The summed E-state index contributed by atoms with van der Waals surface area (Å²) in [4.78, 5) is 2.31. The molecule has 100 valence electrons. The van der Waals surface area contributed by atoms with E-state index in [1.54, 1.807) is 0 Å². The van der Waals surface area contributed by atoms with Crippen LogP contribution >= 0.6 is 15.9 Å². The lowest BCUT2D eigenvalue weighted by Crippen LogP contribution is -2.15. The van der Waals surface area contributed by atoms with E-state index in [0.717, 1.165) is 11.0 Å². The average molecular weight is 318 g/mol. The minimum Gasteiger partial charge on any atom is -0.342 e. The molecule has 2 aromatic rings. The quantitative estimate of drug-likeness (QED) is 0.696. The average Bonchev–Trinajstić information content (AvgIpc) is 2.40. The normalized spacial score (nSPS) is 10.8. The van der Waals surface area contributed by atoms with Gasteiger partial charge in [-0.15, -0.1) is 0 Å². The third-order valence-electron chi connectivity index (χ3n) is 3.31. The summed E-state index contributed by atoms with van der Waals surface area (Å²) in [5.41, 5.74) is 3.84. The molecule has 0 saturated carbocycles. The van der Waals surface area contributed by atoms with E-state index >= 15 is 0 Å². The smallest absolute Gasteiger partial charge is 0.0421 e.